The third kappa shape index (κ3) is 3.91. The van der Waals surface area contributed by atoms with Crippen molar-refractivity contribution in [3.63, 3.8) is 0 Å². The molecule has 0 bridgehead atoms. The number of benzene rings is 1. The van der Waals surface area contributed by atoms with Crippen molar-refractivity contribution in [1.82, 2.24) is 10.6 Å². The van der Waals surface area contributed by atoms with E-state index in [4.69, 9.17) is 9.47 Å². The molecule has 3 aliphatic heterocycles. The summed E-state index contributed by atoms with van der Waals surface area (Å²) in [6.45, 7) is 2.71. The maximum absolute atomic E-state index is 11.7. The van der Waals surface area contributed by atoms with E-state index in [0.29, 0.717) is 5.82 Å². The largest absolute Gasteiger partial charge is 0.495 e. The molecular weight excluding hydrogens is 360 g/mol. The van der Waals surface area contributed by atoms with Crippen LogP contribution in [0.2, 0.25) is 0 Å². The molecule has 150 valence electrons. The predicted molar refractivity (Wildman–Crippen MR) is 105 cm³/mol. The maximum atomic E-state index is 11.7. The predicted octanol–water partition coefficient (Wildman–Crippen LogP) is 1.34. The van der Waals surface area contributed by atoms with Gasteiger partial charge in [-0.05, 0) is 37.8 Å². The van der Waals surface area contributed by atoms with Gasteiger partial charge in [0, 0.05) is 37.5 Å². The quantitative estimate of drug-likeness (QED) is 0.723. The first kappa shape index (κ1) is 18.6. The van der Waals surface area contributed by atoms with Crippen molar-refractivity contribution in [2.24, 2.45) is 0 Å². The van der Waals surface area contributed by atoms with Gasteiger partial charge < -0.3 is 30.3 Å². The molecule has 8 nitrogen and oxygen atoms in total. The van der Waals surface area contributed by atoms with Crippen molar-refractivity contribution >= 4 is 23.2 Å². The van der Waals surface area contributed by atoms with Crippen LogP contribution in [-0.2, 0) is 14.3 Å². The van der Waals surface area contributed by atoms with Crippen LogP contribution in [0, 0.1) is 0 Å². The van der Waals surface area contributed by atoms with Crippen LogP contribution in [0.4, 0.5) is 11.4 Å². The van der Waals surface area contributed by atoms with Crippen molar-refractivity contribution in [3.8, 4) is 5.75 Å². The number of hydrogen-bond acceptors (Lipinski definition) is 6. The van der Waals surface area contributed by atoms with Crippen LogP contribution in [0.1, 0.15) is 25.7 Å². The van der Waals surface area contributed by atoms with Gasteiger partial charge in [0.05, 0.1) is 24.9 Å². The number of nitrogens with one attached hydrogen (secondary N) is 3. The van der Waals surface area contributed by atoms with Crippen LogP contribution in [0.3, 0.4) is 0 Å². The molecule has 2 fully saturated rings. The van der Waals surface area contributed by atoms with Crippen molar-refractivity contribution in [3.05, 3.63) is 30.1 Å². The fourth-order valence-corrected chi connectivity index (χ4v) is 4.12. The first-order valence-corrected chi connectivity index (χ1v) is 9.70. The molecule has 28 heavy (non-hydrogen) atoms. The van der Waals surface area contributed by atoms with Gasteiger partial charge >= 0.3 is 0 Å². The van der Waals surface area contributed by atoms with Gasteiger partial charge in [-0.2, -0.15) is 0 Å². The molecule has 3 N–H and O–H groups in total. The highest BCUT2D eigenvalue weighted by Crippen LogP contribution is 2.39. The summed E-state index contributed by atoms with van der Waals surface area (Å²) >= 11 is 0. The average Bonchev–Trinajstić information content (AvgIpc) is 3.08. The van der Waals surface area contributed by atoms with E-state index in [2.05, 4.69) is 20.9 Å². The minimum Gasteiger partial charge on any atom is -0.495 e. The lowest BCUT2D eigenvalue weighted by Gasteiger charge is -2.40. The molecule has 1 spiro atoms. The zero-order chi connectivity index (χ0) is 19.6. The van der Waals surface area contributed by atoms with Gasteiger partial charge in [-0.1, -0.05) is 0 Å². The Morgan fingerprint density at radius 2 is 2.04 bits per heavy atom. The fourth-order valence-electron chi connectivity index (χ4n) is 4.12. The van der Waals surface area contributed by atoms with E-state index in [9.17, 15) is 9.59 Å². The Morgan fingerprint density at radius 3 is 2.75 bits per heavy atom. The second-order valence-electron chi connectivity index (χ2n) is 7.46. The summed E-state index contributed by atoms with van der Waals surface area (Å²) in [5.41, 5.74) is 1.85. The van der Waals surface area contributed by atoms with E-state index in [0.717, 1.165) is 62.5 Å². The van der Waals surface area contributed by atoms with Crippen molar-refractivity contribution in [2.45, 2.75) is 31.3 Å². The second-order valence-corrected chi connectivity index (χ2v) is 7.46. The summed E-state index contributed by atoms with van der Waals surface area (Å²) < 4.78 is 11.6. The second kappa shape index (κ2) is 7.71. The number of carbonyl (C=O) groups is 2. The Balaban J connectivity index is 1.47. The molecule has 2 amide bonds. The number of rotatable bonds is 4. The Labute approximate surface area is 164 Å². The zero-order valence-electron chi connectivity index (χ0n) is 16.0. The summed E-state index contributed by atoms with van der Waals surface area (Å²) in [6.07, 6.45) is 5.72. The number of carbonyl (C=O) groups excluding carboxylic acids is 2. The van der Waals surface area contributed by atoms with Crippen molar-refractivity contribution in [2.75, 3.05) is 43.6 Å². The first-order valence-electron chi connectivity index (χ1n) is 9.70. The highest BCUT2D eigenvalue weighted by molar-refractivity contribution is 5.95. The Kier molecular flexibility index (Phi) is 5.13. The lowest BCUT2D eigenvalue weighted by Crippen LogP contribution is -2.44. The van der Waals surface area contributed by atoms with Crippen LogP contribution in [0.25, 0.3) is 0 Å². The summed E-state index contributed by atoms with van der Waals surface area (Å²) in [7, 11) is 1.65. The van der Waals surface area contributed by atoms with Crippen LogP contribution >= 0.6 is 0 Å². The third-order valence-corrected chi connectivity index (χ3v) is 5.63. The van der Waals surface area contributed by atoms with Gasteiger partial charge in [0.25, 0.3) is 0 Å². The van der Waals surface area contributed by atoms with Gasteiger partial charge in [0.1, 0.15) is 11.6 Å². The maximum Gasteiger partial charge on any atom is 0.248 e. The molecule has 2 saturated heterocycles. The average molecular weight is 386 g/mol. The molecule has 3 heterocycles. The van der Waals surface area contributed by atoms with E-state index < -0.39 is 0 Å². The summed E-state index contributed by atoms with van der Waals surface area (Å²) in [5, 5.41) is 8.24. The number of methoxy groups -OCH3 is 1. The molecule has 3 aliphatic rings. The number of amides is 2. The molecule has 1 aromatic carbocycles. The number of anilines is 2. The van der Waals surface area contributed by atoms with E-state index in [1.54, 1.807) is 7.11 Å². The SMILES string of the molecule is COc1cc(NC2=CC(=O)NCC(=O)N2)ccc1N1CCC2(CCCO2)CC1. The molecule has 0 radical (unpaired) electrons. The number of nitrogens with zero attached hydrogens (tertiary/aromatic N) is 1. The molecule has 4 rings (SSSR count). The highest BCUT2D eigenvalue weighted by Gasteiger charge is 2.38. The van der Waals surface area contributed by atoms with E-state index in [1.807, 2.05) is 18.2 Å². The van der Waals surface area contributed by atoms with E-state index in [1.165, 1.54) is 6.08 Å². The molecule has 0 aromatic heterocycles. The van der Waals surface area contributed by atoms with Gasteiger partial charge in [-0.3, -0.25) is 9.59 Å². The molecule has 0 aliphatic carbocycles. The number of hydrogen-bond donors (Lipinski definition) is 3. The summed E-state index contributed by atoms with van der Waals surface area (Å²) in [6, 6.07) is 5.81. The van der Waals surface area contributed by atoms with Crippen LogP contribution in [0.5, 0.6) is 5.75 Å². The zero-order valence-corrected chi connectivity index (χ0v) is 16.0. The highest BCUT2D eigenvalue weighted by atomic mass is 16.5. The first-order chi connectivity index (χ1) is 13.6. The van der Waals surface area contributed by atoms with Crippen molar-refractivity contribution < 1.29 is 19.1 Å². The minimum absolute atomic E-state index is 0.0388. The Hall–Kier alpha value is -2.74. The standard InChI is InChI=1S/C20H26N4O4/c1-27-16-11-14(22-17-12-18(25)21-13-19(26)23-17)3-4-15(16)24-8-6-20(7-9-24)5-2-10-28-20/h3-4,11-12,22H,2,5-10,13H2,1H3,(H,21,25)(H,23,26). The summed E-state index contributed by atoms with van der Waals surface area (Å²) in [4.78, 5) is 25.7. The topological polar surface area (TPSA) is 91.9 Å². The van der Waals surface area contributed by atoms with Crippen LogP contribution < -0.4 is 25.6 Å². The molecule has 1 aromatic rings. The normalized spacial score (nSPS) is 21.6. The van der Waals surface area contributed by atoms with Crippen molar-refractivity contribution in [1.29, 1.82) is 0 Å². The summed E-state index contributed by atoms with van der Waals surface area (Å²) in [5.74, 6) is 0.497. The van der Waals surface area contributed by atoms with E-state index >= 15 is 0 Å². The monoisotopic (exact) mass is 386 g/mol. The molecule has 0 atom stereocenters. The molecular formula is C20H26N4O4. The molecule has 0 saturated carbocycles. The number of ether oxygens (including phenoxy) is 2. The van der Waals surface area contributed by atoms with Crippen LogP contribution in [-0.4, -0.2) is 50.8 Å². The fraction of sp³-hybridized carbons (Fsp3) is 0.500. The third-order valence-electron chi connectivity index (χ3n) is 5.63. The van der Waals surface area contributed by atoms with Gasteiger partial charge in [0.15, 0.2) is 0 Å². The van der Waals surface area contributed by atoms with Gasteiger partial charge in [0.2, 0.25) is 11.8 Å². The van der Waals surface area contributed by atoms with Crippen LogP contribution in [0.15, 0.2) is 30.1 Å². The smallest absolute Gasteiger partial charge is 0.248 e. The molecule has 0 unspecified atom stereocenters. The lowest BCUT2D eigenvalue weighted by molar-refractivity contribution is -0.122. The number of piperidine rings is 1. The Bertz CT molecular complexity index is 791. The Morgan fingerprint density at radius 1 is 1.21 bits per heavy atom. The van der Waals surface area contributed by atoms with E-state index in [-0.39, 0.29) is 24.0 Å². The minimum atomic E-state index is -0.319. The van der Waals surface area contributed by atoms with Gasteiger partial charge in [-0.25, -0.2) is 0 Å². The molecule has 8 heteroatoms. The van der Waals surface area contributed by atoms with Gasteiger partial charge in [-0.15, -0.1) is 0 Å². The lowest BCUT2D eigenvalue weighted by atomic mass is 9.88.